The summed E-state index contributed by atoms with van der Waals surface area (Å²) in [6.45, 7) is 5.22. The second-order valence-electron chi connectivity index (χ2n) is 10.1. The number of rotatable bonds is 6. The van der Waals surface area contributed by atoms with Crippen LogP contribution in [0.15, 0.2) is 71.3 Å². The first kappa shape index (κ1) is 26.3. The van der Waals surface area contributed by atoms with Gasteiger partial charge in [0.15, 0.2) is 11.4 Å². The van der Waals surface area contributed by atoms with Crippen LogP contribution in [0.4, 0.5) is 5.69 Å². The van der Waals surface area contributed by atoms with Crippen molar-refractivity contribution in [1.29, 1.82) is 0 Å². The number of anilines is 1. The first-order chi connectivity index (χ1) is 19.9. The molecule has 208 valence electrons. The highest BCUT2D eigenvalue weighted by Gasteiger charge is 2.35. The van der Waals surface area contributed by atoms with Crippen molar-refractivity contribution in [3.8, 4) is 11.5 Å². The lowest BCUT2D eigenvalue weighted by molar-refractivity contribution is -0.114. The van der Waals surface area contributed by atoms with Gasteiger partial charge in [0.05, 0.1) is 13.1 Å². The number of carbonyl (C=O) groups is 2. The standard InChI is InChI=1S/C29H29N9O3/c1-18-17-37(13-14-38(18)26(20-7-5-4-6-8-20)27-33-35-36(3)34-27)29(40)24-15-21(11-12-30-24)28-32-23-16-22(31-19(2)39)9-10-25(23)41-28/h4-12,15-16,18,26H,13-14,17H2,1-3H3,(H,31,39)/t18-,26?/m0/s1. The molecule has 0 aliphatic carbocycles. The first-order valence-corrected chi connectivity index (χ1v) is 13.3. The highest BCUT2D eigenvalue weighted by atomic mass is 16.3. The Balaban J connectivity index is 1.20. The van der Waals surface area contributed by atoms with Gasteiger partial charge in [0.2, 0.25) is 11.8 Å². The average Bonchev–Trinajstić information content (AvgIpc) is 3.60. The lowest BCUT2D eigenvalue weighted by atomic mass is 10.0. The van der Waals surface area contributed by atoms with Crippen LogP contribution in [0, 0.1) is 0 Å². The van der Waals surface area contributed by atoms with Crippen LogP contribution in [0.2, 0.25) is 0 Å². The molecular formula is C29H29N9O3. The Labute approximate surface area is 236 Å². The topological polar surface area (TPSA) is 135 Å². The maximum Gasteiger partial charge on any atom is 0.272 e. The van der Waals surface area contributed by atoms with Gasteiger partial charge in [0, 0.05) is 50.0 Å². The zero-order valence-electron chi connectivity index (χ0n) is 22.9. The highest BCUT2D eigenvalue weighted by molar-refractivity contribution is 5.94. The summed E-state index contributed by atoms with van der Waals surface area (Å²) in [7, 11) is 1.75. The minimum Gasteiger partial charge on any atom is -0.436 e. The Bertz CT molecular complexity index is 1720. The quantitative estimate of drug-likeness (QED) is 0.337. The third kappa shape index (κ3) is 5.41. The lowest BCUT2D eigenvalue weighted by Gasteiger charge is -2.43. The number of oxazole rings is 1. The van der Waals surface area contributed by atoms with E-state index in [1.54, 1.807) is 43.6 Å². The number of hydrogen-bond donors (Lipinski definition) is 1. The Kier molecular flexibility index (Phi) is 6.98. The number of nitrogens with one attached hydrogen (secondary N) is 1. The van der Waals surface area contributed by atoms with Gasteiger partial charge in [-0.15, -0.1) is 10.2 Å². The number of fused-ring (bicyclic) bond motifs is 1. The summed E-state index contributed by atoms with van der Waals surface area (Å²) in [6.07, 6.45) is 1.59. The predicted molar refractivity (Wildman–Crippen MR) is 151 cm³/mol. The molecule has 0 spiro atoms. The number of pyridine rings is 1. The van der Waals surface area contributed by atoms with Crippen LogP contribution < -0.4 is 5.32 Å². The summed E-state index contributed by atoms with van der Waals surface area (Å²) in [5.41, 5.74) is 3.85. The van der Waals surface area contributed by atoms with E-state index in [0.717, 1.165) is 5.56 Å². The SMILES string of the molecule is CC(=O)Nc1ccc2oc(-c3ccnc(C(=O)N4CCN(C(c5ccccc5)c5nnn(C)n5)[C@@H](C)C4)c3)nc2c1. The monoisotopic (exact) mass is 551 g/mol. The zero-order chi connectivity index (χ0) is 28.5. The Hall–Kier alpha value is -4.97. The first-order valence-electron chi connectivity index (χ1n) is 13.3. The molecule has 12 nitrogen and oxygen atoms in total. The van der Waals surface area contributed by atoms with E-state index in [1.807, 2.05) is 23.1 Å². The van der Waals surface area contributed by atoms with Crippen molar-refractivity contribution in [3.63, 3.8) is 0 Å². The molecule has 12 heteroatoms. The van der Waals surface area contributed by atoms with Gasteiger partial charge in [-0.2, -0.15) is 4.80 Å². The fourth-order valence-corrected chi connectivity index (χ4v) is 5.25. The average molecular weight is 552 g/mol. The van der Waals surface area contributed by atoms with Gasteiger partial charge in [-0.3, -0.25) is 19.5 Å². The van der Waals surface area contributed by atoms with E-state index in [9.17, 15) is 9.59 Å². The van der Waals surface area contributed by atoms with Gasteiger partial charge in [-0.05, 0) is 48.0 Å². The summed E-state index contributed by atoms with van der Waals surface area (Å²) in [4.78, 5) is 39.5. The van der Waals surface area contributed by atoms with Gasteiger partial charge < -0.3 is 14.6 Å². The van der Waals surface area contributed by atoms with E-state index in [2.05, 4.69) is 54.7 Å². The zero-order valence-corrected chi connectivity index (χ0v) is 22.9. The van der Waals surface area contributed by atoms with Crippen LogP contribution in [0.25, 0.3) is 22.6 Å². The molecule has 0 bridgehead atoms. The minimum absolute atomic E-state index is 0.0275. The summed E-state index contributed by atoms with van der Waals surface area (Å²) in [6, 6.07) is 18.7. The van der Waals surface area contributed by atoms with Crippen molar-refractivity contribution >= 4 is 28.6 Å². The fourth-order valence-electron chi connectivity index (χ4n) is 5.25. The summed E-state index contributed by atoms with van der Waals surface area (Å²) < 4.78 is 5.94. The summed E-state index contributed by atoms with van der Waals surface area (Å²) in [5, 5.41) is 15.6. The molecule has 2 atom stereocenters. The summed E-state index contributed by atoms with van der Waals surface area (Å²) in [5.74, 6) is 0.678. The van der Waals surface area contributed by atoms with Gasteiger partial charge in [-0.1, -0.05) is 30.3 Å². The molecule has 2 aromatic carbocycles. The maximum absolute atomic E-state index is 13.6. The van der Waals surface area contributed by atoms with Crippen LogP contribution in [0.5, 0.6) is 0 Å². The number of nitrogens with zero attached hydrogens (tertiary/aromatic N) is 8. The molecule has 0 saturated carbocycles. The third-order valence-electron chi connectivity index (χ3n) is 7.12. The number of aryl methyl sites for hydroxylation is 1. The number of amides is 2. The smallest absolute Gasteiger partial charge is 0.272 e. The molecule has 0 radical (unpaired) electrons. The predicted octanol–water partition coefficient (Wildman–Crippen LogP) is 3.31. The number of carbonyl (C=O) groups excluding carboxylic acids is 2. The van der Waals surface area contributed by atoms with Crippen molar-refractivity contribution in [3.05, 3.63) is 83.9 Å². The second kappa shape index (κ2) is 10.9. The van der Waals surface area contributed by atoms with Crippen molar-refractivity contribution in [2.45, 2.75) is 25.9 Å². The Morgan fingerprint density at radius 1 is 1.07 bits per heavy atom. The minimum atomic E-state index is -0.177. The van der Waals surface area contributed by atoms with Gasteiger partial charge >= 0.3 is 0 Å². The van der Waals surface area contributed by atoms with Crippen molar-refractivity contribution in [1.82, 2.24) is 40.0 Å². The Morgan fingerprint density at radius 2 is 1.90 bits per heavy atom. The molecule has 1 unspecified atom stereocenters. The van der Waals surface area contributed by atoms with Crippen LogP contribution in [0.3, 0.4) is 0 Å². The van der Waals surface area contributed by atoms with Gasteiger partial charge in [-0.25, -0.2) is 4.98 Å². The van der Waals surface area contributed by atoms with Crippen molar-refractivity contribution in [2.75, 3.05) is 25.0 Å². The van der Waals surface area contributed by atoms with Crippen LogP contribution in [-0.2, 0) is 11.8 Å². The number of tetrazole rings is 1. The van der Waals surface area contributed by atoms with Crippen molar-refractivity contribution in [2.24, 2.45) is 7.05 Å². The summed E-state index contributed by atoms with van der Waals surface area (Å²) >= 11 is 0. The third-order valence-corrected chi connectivity index (χ3v) is 7.12. The molecule has 2 amide bonds. The molecule has 41 heavy (non-hydrogen) atoms. The van der Waals surface area contributed by atoms with E-state index in [0.29, 0.717) is 59.4 Å². The lowest BCUT2D eigenvalue weighted by Crippen LogP contribution is -2.54. The molecule has 1 fully saturated rings. The second-order valence-corrected chi connectivity index (χ2v) is 10.1. The number of benzene rings is 2. The molecule has 1 saturated heterocycles. The van der Waals surface area contributed by atoms with Gasteiger partial charge in [0.25, 0.3) is 5.91 Å². The molecular weight excluding hydrogens is 522 g/mol. The maximum atomic E-state index is 13.6. The molecule has 4 heterocycles. The molecule has 3 aromatic heterocycles. The molecule has 1 aliphatic rings. The van der Waals surface area contributed by atoms with Crippen molar-refractivity contribution < 1.29 is 14.0 Å². The van der Waals surface area contributed by atoms with Crippen LogP contribution in [-0.4, -0.2) is 77.5 Å². The van der Waals surface area contributed by atoms with E-state index in [1.165, 1.54) is 11.7 Å². The van der Waals surface area contributed by atoms with E-state index < -0.39 is 0 Å². The van der Waals surface area contributed by atoms with Gasteiger partial charge in [0.1, 0.15) is 11.2 Å². The van der Waals surface area contributed by atoms with E-state index >= 15 is 0 Å². The molecule has 1 N–H and O–H groups in total. The largest absolute Gasteiger partial charge is 0.436 e. The van der Waals surface area contributed by atoms with E-state index in [-0.39, 0.29) is 23.9 Å². The Morgan fingerprint density at radius 3 is 2.63 bits per heavy atom. The van der Waals surface area contributed by atoms with Crippen LogP contribution in [0.1, 0.15) is 41.8 Å². The van der Waals surface area contributed by atoms with E-state index in [4.69, 9.17) is 4.42 Å². The molecule has 6 rings (SSSR count). The highest BCUT2D eigenvalue weighted by Crippen LogP contribution is 2.31. The van der Waals surface area contributed by atoms with Crippen LogP contribution >= 0.6 is 0 Å². The number of aromatic nitrogens is 6. The fraction of sp³-hybridized carbons (Fsp3) is 0.276. The normalized spacial score (nSPS) is 16.6. The molecule has 1 aliphatic heterocycles. The molecule has 5 aromatic rings. The number of piperazine rings is 1. The number of hydrogen-bond acceptors (Lipinski definition) is 9.